The minimum absolute atomic E-state index is 0.747. The van der Waals surface area contributed by atoms with Crippen LogP contribution in [0.2, 0.25) is 0 Å². The molecule has 0 radical (unpaired) electrons. The van der Waals surface area contributed by atoms with Crippen molar-refractivity contribution in [3.8, 4) is 0 Å². The van der Waals surface area contributed by atoms with Crippen LogP contribution in [0.3, 0.4) is 0 Å². The molecule has 0 aromatic heterocycles. The van der Waals surface area contributed by atoms with Gasteiger partial charge in [-0.2, -0.15) is 0 Å². The summed E-state index contributed by atoms with van der Waals surface area (Å²) in [6.45, 7) is 5.74. The molecule has 1 nitrogen and oxygen atoms in total. The van der Waals surface area contributed by atoms with E-state index < -0.39 is 0 Å². The molecule has 1 saturated carbocycles. The highest BCUT2D eigenvalue weighted by atomic mass is 14.9. The van der Waals surface area contributed by atoms with Gasteiger partial charge in [-0.3, -0.25) is 0 Å². The maximum Gasteiger partial charge on any atom is 0.0101 e. The van der Waals surface area contributed by atoms with Crippen molar-refractivity contribution in [3.05, 3.63) is 35.9 Å². The second kappa shape index (κ2) is 9.25. The number of hydrogen-bond donors (Lipinski definition) is 1. The van der Waals surface area contributed by atoms with Crippen LogP contribution in [0.1, 0.15) is 76.7 Å². The first-order valence-electron chi connectivity index (χ1n) is 9.15. The molecule has 3 unspecified atom stereocenters. The maximum absolute atomic E-state index is 3.82. The normalized spacial score (nSPS) is 22.2. The molecule has 1 aromatic rings. The molecule has 118 valence electrons. The first-order chi connectivity index (χ1) is 10.4. The highest BCUT2D eigenvalue weighted by Gasteiger charge is 2.42. The second-order valence-corrected chi connectivity index (χ2v) is 6.68. The van der Waals surface area contributed by atoms with Crippen LogP contribution in [0, 0.1) is 5.92 Å². The summed E-state index contributed by atoms with van der Waals surface area (Å²) in [5, 5.41) is 3.82. The van der Waals surface area contributed by atoms with Crippen LogP contribution >= 0.6 is 0 Å². The molecule has 21 heavy (non-hydrogen) atoms. The Morgan fingerprint density at radius 2 is 1.76 bits per heavy atom. The lowest BCUT2D eigenvalue weighted by atomic mass is 9.99. The van der Waals surface area contributed by atoms with Gasteiger partial charge in [0.25, 0.3) is 0 Å². The van der Waals surface area contributed by atoms with Crippen molar-refractivity contribution in [2.75, 3.05) is 6.54 Å². The van der Waals surface area contributed by atoms with Gasteiger partial charge < -0.3 is 5.32 Å². The molecule has 1 aromatic carbocycles. The molecule has 0 heterocycles. The Labute approximate surface area is 131 Å². The van der Waals surface area contributed by atoms with Crippen LogP contribution in [-0.4, -0.2) is 12.6 Å². The first-order valence-corrected chi connectivity index (χ1v) is 9.15. The molecule has 1 fully saturated rings. The van der Waals surface area contributed by atoms with E-state index in [4.69, 9.17) is 0 Å². The fraction of sp³-hybridized carbons (Fsp3) is 0.700. The van der Waals surface area contributed by atoms with Gasteiger partial charge in [0, 0.05) is 6.04 Å². The summed E-state index contributed by atoms with van der Waals surface area (Å²) in [4.78, 5) is 0. The van der Waals surface area contributed by atoms with Crippen LogP contribution in [0.15, 0.2) is 30.3 Å². The van der Waals surface area contributed by atoms with Crippen molar-refractivity contribution in [2.24, 2.45) is 5.92 Å². The van der Waals surface area contributed by atoms with E-state index in [1.165, 1.54) is 57.9 Å². The van der Waals surface area contributed by atoms with Gasteiger partial charge >= 0.3 is 0 Å². The number of unbranched alkanes of at least 4 members (excludes halogenated alkanes) is 4. The summed E-state index contributed by atoms with van der Waals surface area (Å²) < 4.78 is 0. The largest absolute Gasteiger partial charge is 0.314 e. The summed E-state index contributed by atoms with van der Waals surface area (Å²) in [7, 11) is 0. The fourth-order valence-corrected chi connectivity index (χ4v) is 3.51. The summed E-state index contributed by atoms with van der Waals surface area (Å²) in [5.41, 5.74) is 1.55. The smallest absolute Gasteiger partial charge is 0.0101 e. The Kier molecular flexibility index (Phi) is 7.29. The molecule has 0 amide bonds. The Morgan fingerprint density at radius 1 is 1.00 bits per heavy atom. The zero-order valence-corrected chi connectivity index (χ0v) is 14.0. The maximum atomic E-state index is 3.82. The Hall–Kier alpha value is -0.820. The van der Waals surface area contributed by atoms with Crippen molar-refractivity contribution in [1.82, 2.24) is 5.32 Å². The third kappa shape index (κ3) is 5.47. The van der Waals surface area contributed by atoms with Gasteiger partial charge in [-0.05, 0) is 43.2 Å². The third-order valence-corrected chi connectivity index (χ3v) is 4.86. The molecule has 0 aliphatic heterocycles. The topological polar surface area (TPSA) is 12.0 Å². The summed E-state index contributed by atoms with van der Waals surface area (Å²) >= 11 is 0. The standard InChI is InChI=1S/C20H33N/c1-3-5-6-7-11-14-20(21-15-4-2)19-16-18(19)17-12-9-8-10-13-17/h8-10,12-13,18-21H,3-7,11,14-16H2,1-2H3. The van der Waals surface area contributed by atoms with E-state index in [1.54, 1.807) is 5.56 Å². The average Bonchev–Trinajstić information content (AvgIpc) is 3.31. The quantitative estimate of drug-likeness (QED) is 0.528. The molecule has 0 saturated heterocycles. The number of nitrogens with one attached hydrogen (secondary N) is 1. The van der Waals surface area contributed by atoms with Crippen LogP contribution in [0.5, 0.6) is 0 Å². The average molecular weight is 287 g/mol. The third-order valence-electron chi connectivity index (χ3n) is 4.86. The van der Waals surface area contributed by atoms with E-state index in [0.717, 1.165) is 17.9 Å². The summed E-state index contributed by atoms with van der Waals surface area (Å²) in [6, 6.07) is 11.9. The van der Waals surface area contributed by atoms with Crippen LogP contribution in [-0.2, 0) is 0 Å². The predicted molar refractivity (Wildman–Crippen MR) is 92.7 cm³/mol. The highest BCUT2D eigenvalue weighted by molar-refractivity contribution is 5.26. The van der Waals surface area contributed by atoms with Gasteiger partial charge in [0.05, 0.1) is 0 Å². The van der Waals surface area contributed by atoms with E-state index in [2.05, 4.69) is 49.5 Å². The van der Waals surface area contributed by atoms with Crippen LogP contribution in [0.4, 0.5) is 0 Å². The lowest BCUT2D eigenvalue weighted by Gasteiger charge is -2.19. The zero-order chi connectivity index (χ0) is 14.9. The molecule has 0 spiro atoms. The molecular weight excluding hydrogens is 254 g/mol. The van der Waals surface area contributed by atoms with Gasteiger partial charge in [-0.15, -0.1) is 0 Å². The second-order valence-electron chi connectivity index (χ2n) is 6.68. The van der Waals surface area contributed by atoms with Gasteiger partial charge in [-0.25, -0.2) is 0 Å². The van der Waals surface area contributed by atoms with E-state index in [9.17, 15) is 0 Å². The molecular formula is C20H33N. The SMILES string of the molecule is CCCCCCCC(NCCC)C1CC1c1ccccc1. The minimum atomic E-state index is 0.747. The molecule has 3 atom stereocenters. The first kappa shape index (κ1) is 16.5. The van der Waals surface area contributed by atoms with E-state index >= 15 is 0 Å². The number of benzene rings is 1. The van der Waals surface area contributed by atoms with Crippen molar-refractivity contribution in [3.63, 3.8) is 0 Å². The fourth-order valence-electron chi connectivity index (χ4n) is 3.51. The Bertz CT molecular complexity index is 373. The lowest BCUT2D eigenvalue weighted by molar-refractivity contribution is 0.410. The van der Waals surface area contributed by atoms with Crippen LogP contribution < -0.4 is 5.32 Å². The van der Waals surface area contributed by atoms with E-state index in [1.807, 2.05) is 0 Å². The Balaban J connectivity index is 1.77. The summed E-state index contributed by atoms with van der Waals surface area (Å²) in [6.07, 6.45) is 11.0. The molecule has 1 aliphatic carbocycles. The van der Waals surface area contributed by atoms with Gasteiger partial charge in [0.15, 0.2) is 0 Å². The number of rotatable bonds is 11. The molecule has 1 aliphatic rings. The van der Waals surface area contributed by atoms with Crippen molar-refractivity contribution >= 4 is 0 Å². The van der Waals surface area contributed by atoms with Gasteiger partial charge in [0.2, 0.25) is 0 Å². The van der Waals surface area contributed by atoms with Crippen molar-refractivity contribution in [1.29, 1.82) is 0 Å². The molecule has 1 heteroatoms. The predicted octanol–water partition coefficient (Wildman–Crippen LogP) is 5.52. The van der Waals surface area contributed by atoms with Gasteiger partial charge in [0.1, 0.15) is 0 Å². The van der Waals surface area contributed by atoms with Gasteiger partial charge in [-0.1, -0.05) is 76.3 Å². The molecule has 1 N–H and O–H groups in total. The molecule has 2 rings (SSSR count). The lowest BCUT2D eigenvalue weighted by Crippen LogP contribution is -2.32. The Morgan fingerprint density at radius 3 is 2.48 bits per heavy atom. The van der Waals surface area contributed by atoms with Crippen LogP contribution in [0.25, 0.3) is 0 Å². The highest BCUT2D eigenvalue weighted by Crippen LogP contribution is 2.50. The number of hydrogen-bond acceptors (Lipinski definition) is 1. The van der Waals surface area contributed by atoms with E-state index in [-0.39, 0.29) is 0 Å². The minimum Gasteiger partial charge on any atom is -0.314 e. The summed E-state index contributed by atoms with van der Waals surface area (Å²) in [5.74, 6) is 1.70. The van der Waals surface area contributed by atoms with Crippen molar-refractivity contribution in [2.45, 2.75) is 77.2 Å². The van der Waals surface area contributed by atoms with E-state index in [0.29, 0.717) is 0 Å². The van der Waals surface area contributed by atoms with Crippen molar-refractivity contribution < 1.29 is 0 Å². The monoisotopic (exact) mass is 287 g/mol. The zero-order valence-electron chi connectivity index (χ0n) is 14.0. The molecule has 0 bridgehead atoms.